The van der Waals surface area contributed by atoms with Gasteiger partial charge in [0.2, 0.25) is 0 Å². The Bertz CT molecular complexity index is 645. The molecule has 0 aromatic heterocycles. The molecular weight excluding hydrogens is 318 g/mol. The van der Waals surface area contributed by atoms with Crippen molar-refractivity contribution in [2.24, 2.45) is 0 Å². The van der Waals surface area contributed by atoms with Gasteiger partial charge in [0.1, 0.15) is 0 Å². The van der Waals surface area contributed by atoms with Crippen LogP contribution in [-0.2, 0) is 4.79 Å². The molecule has 2 aliphatic rings. The lowest BCUT2D eigenvalue weighted by Crippen LogP contribution is -2.13. The highest BCUT2D eigenvalue weighted by atomic mass is 32.2. The zero-order chi connectivity index (χ0) is 15.5. The summed E-state index contributed by atoms with van der Waals surface area (Å²) in [4.78, 5) is 12.7. The third-order valence-electron chi connectivity index (χ3n) is 3.67. The van der Waals surface area contributed by atoms with Gasteiger partial charge < -0.3 is 10.4 Å². The normalized spacial score (nSPS) is 20.8. The Balaban J connectivity index is 1.89. The molecule has 1 saturated carbocycles. The molecule has 0 spiro atoms. The van der Waals surface area contributed by atoms with E-state index in [0.29, 0.717) is 0 Å². The van der Waals surface area contributed by atoms with Crippen molar-refractivity contribution in [3.63, 3.8) is 0 Å². The molecule has 0 bridgehead atoms. The maximum absolute atomic E-state index is 12.7. The van der Waals surface area contributed by atoms with Crippen molar-refractivity contribution in [1.82, 2.24) is 0 Å². The van der Waals surface area contributed by atoms with E-state index in [2.05, 4.69) is 0 Å². The number of hydrogen-bond acceptors (Lipinski definition) is 6. The van der Waals surface area contributed by atoms with Gasteiger partial charge in [0.05, 0.1) is 5.69 Å². The van der Waals surface area contributed by atoms with Gasteiger partial charge in [-0.05, 0) is 43.0 Å². The van der Waals surface area contributed by atoms with Gasteiger partial charge in [-0.15, -0.1) is 23.5 Å². The quantitative estimate of drug-likeness (QED) is 0.646. The molecule has 1 aromatic carbocycles. The Labute approximate surface area is 137 Å². The van der Waals surface area contributed by atoms with Gasteiger partial charge >= 0.3 is 0 Å². The van der Waals surface area contributed by atoms with E-state index >= 15 is 0 Å². The number of carbonyl (C=O) groups excluding carboxylic acids is 1. The molecule has 22 heavy (non-hydrogen) atoms. The fourth-order valence-electron chi connectivity index (χ4n) is 2.63. The summed E-state index contributed by atoms with van der Waals surface area (Å²) in [6, 6.07) is 6.62. The van der Waals surface area contributed by atoms with E-state index in [1.165, 1.54) is 10.3 Å². The fraction of sp³-hybridized carbons (Fsp3) is 0.312. The number of rotatable bonds is 2. The van der Waals surface area contributed by atoms with E-state index in [1.807, 2.05) is 12.1 Å². The molecule has 1 N–H and O–H groups in total. The molecule has 0 amide bonds. The van der Waals surface area contributed by atoms with Crippen molar-refractivity contribution >= 4 is 41.1 Å². The molecule has 1 heterocycles. The standard InChI is InChI=1S/C16H16NO3S2/c18-15-12(4-2-6-14(15)16-21-7-8-22-16)9-11-3-1-5-13(10-11)17(19)20/h1,3,5,9-10,19H,2,4,6-8H2/q-1. The largest absolute Gasteiger partial charge is 0.733 e. The Morgan fingerprint density at radius 1 is 1.23 bits per heavy atom. The van der Waals surface area contributed by atoms with Crippen molar-refractivity contribution < 1.29 is 10.0 Å². The van der Waals surface area contributed by atoms with Crippen molar-refractivity contribution in [1.29, 1.82) is 0 Å². The predicted molar refractivity (Wildman–Crippen MR) is 92.9 cm³/mol. The van der Waals surface area contributed by atoms with Crippen LogP contribution in [0.5, 0.6) is 0 Å². The van der Waals surface area contributed by atoms with Gasteiger partial charge in [-0.25, -0.2) is 0 Å². The average Bonchev–Trinajstić information content (AvgIpc) is 3.04. The molecule has 1 saturated heterocycles. The third kappa shape index (κ3) is 3.41. The number of carbonyl (C=O) groups is 1. The van der Waals surface area contributed by atoms with E-state index in [-0.39, 0.29) is 16.7 Å². The summed E-state index contributed by atoms with van der Waals surface area (Å²) in [6.07, 6.45) is 4.43. The summed E-state index contributed by atoms with van der Waals surface area (Å²) in [5.41, 5.74) is 2.66. The number of allylic oxidation sites excluding steroid dienone is 2. The minimum Gasteiger partial charge on any atom is -0.733 e. The molecule has 0 unspecified atom stereocenters. The minimum atomic E-state index is -0.163. The topological polar surface area (TPSA) is 63.6 Å². The van der Waals surface area contributed by atoms with E-state index in [1.54, 1.807) is 35.7 Å². The van der Waals surface area contributed by atoms with Crippen LogP contribution in [0, 0.1) is 5.21 Å². The van der Waals surface area contributed by atoms with Crippen LogP contribution in [0.1, 0.15) is 24.8 Å². The van der Waals surface area contributed by atoms with Gasteiger partial charge in [0.15, 0.2) is 5.78 Å². The lowest BCUT2D eigenvalue weighted by molar-refractivity contribution is -0.112. The highest BCUT2D eigenvalue weighted by molar-refractivity contribution is 8.25. The van der Waals surface area contributed by atoms with Crippen LogP contribution < -0.4 is 5.23 Å². The first kappa shape index (κ1) is 15.7. The number of Topliss-reactive ketones (excluding diaryl/α,β-unsaturated/α-hetero) is 1. The van der Waals surface area contributed by atoms with Gasteiger partial charge in [-0.1, -0.05) is 12.1 Å². The Morgan fingerprint density at radius 3 is 2.73 bits per heavy atom. The Hall–Kier alpha value is -1.21. The second-order valence-corrected chi connectivity index (χ2v) is 7.65. The highest BCUT2D eigenvalue weighted by Crippen LogP contribution is 2.42. The van der Waals surface area contributed by atoms with Gasteiger partial charge in [-0.2, -0.15) is 0 Å². The van der Waals surface area contributed by atoms with Crippen molar-refractivity contribution in [3.05, 3.63) is 50.4 Å². The van der Waals surface area contributed by atoms with Gasteiger partial charge in [0, 0.05) is 26.9 Å². The first-order chi connectivity index (χ1) is 10.6. The van der Waals surface area contributed by atoms with Crippen LogP contribution in [0.4, 0.5) is 5.69 Å². The molecule has 1 aliphatic carbocycles. The fourth-order valence-corrected chi connectivity index (χ4v) is 5.24. The smallest absolute Gasteiger partial charge is 0.186 e. The zero-order valence-corrected chi connectivity index (χ0v) is 13.6. The molecule has 1 aromatic rings. The number of ketones is 1. The van der Waals surface area contributed by atoms with Crippen molar-refractivity contribution in [2.45, 2.75) is 19.3 Å². The number of nitrogens with zero attached hydrogens (tertiary/aromatic N) is 1. The average molecular weight is 334 g/mol. The van der Waals surface area contributed by atoms with Crippen LogP contribution in [0.25, 0.3) is 6.08 Å². The maximum Gasteiger partial charge on any atom is 0.186 e. The van der Waals surface area contributed by atoms with Crippen LogP contribution in [0.3, 0.4) is 0 Å². The molecule has 2 fully saturated rings. The second-order valence-electron chi connectivity index (χ2n) is 5.18. The number of anilines is 1. The minimum absolute atomic E-state index is 0.136. The first-order valence-corrected chi connectivity index (χ1v) is 9.12. The van der Waals surface area contributed by atoms with E-state index < -0.39 is 0 Å². The second kappa shape index (κ2) is 6.91. The van der Waals surface area contributed by atoms with Crippen LogP contribution >= 0.6 is 23.5 Å². The van der Waals surface area contributed by atoms with Crippen LogP contribution in [-0.4, -0.2) is 22.5 Å². The monoisotopic (exact) mass is 334 g/mol. The summed E-state index contributed by atoms with van der Waals surface area (Å²) >= 11 is 3.56. The summed E-state index contributed by atoms with van der Waals surface area (Å²) in [6.45, 7) is 0. The summed E-state index contributed by atoms with van der Waals surface area (Å²) in [5.74, 6) is 2.29. The molecule has 4 nitrogen and oxygen atoms in total. The number of thioether (sulfide) groups is 2. The predicted octanol–water partition coefficient (Wildman–Crippen LogP) is 4.21. The summed E-state index contributed by atoms with van der Waals surface area (Å²) in [7, 11) is 0. The molecule has 116 valence electrons. The molecule has 1 aliphatic heterocycles. The van der Waals surface area contributed by atoms with Crippen LogP contribution in [0.15, 0.2) is 39.6 Å². The van der Waals surface area contributed by atoms with Crippen molar-refractivity contribution in [3.8, 4) is 0 Å². The zero-order valence-electron chi connectivity index (χ0n) is 11.9. The SMILES string of the molecule is O=C1C(=Cc2cccc(N([O-])O)c2)CCCC1=C1SCCS1. The van der Waals surface area contributed by atoms with Crippen LogP contribution in [0.2, 0.25) is 0 Å². The van der Waals surface area contributed by atoms with E-state index in [4.69, 9.17) is 5.21 Å². The molecule has 0 atom stereocenters. The summed E-state index contributed by atoms with van der Waals surface area (Å²) in [5, 5.41) is 19.8. The van der Waals surface area contributed by atoms with Gasteiger partial charge in [0.25, 0.3) is 0 Å². The Kier molecular flexibility index (Phi) is 4.93. The lowest BCUT2D eigenvalue weighted by Gasteiger charge is -2.22. The molecule has 0 radical (unpaired) electrons. The molecular formula is C16H16NO3S2-. The molecule has 6 heteroatoms. The first-order valence-electron chi connectivity index (χ1n) is 7.15. The Morgan fingerprint density at radius 2 is 2.00 bits per heavy atom. The summed E-state index contributed by atoms with van der Waals surface area (Å²) < 4.78 is 1.19. The number of hydrogen-bond donors (Lipinski definition) is 1. The van der Waals surface area contributed by atoms with E-state index in [0.717, 1.165) is 47.5 Å². The number of benzene rings is 1. The van der Waals surface area contributed by atoms with E-state index in [9.17, 15) is 10.0 Å². The highest BCUT2D eigenvalue weighted by Gasteiger charge is 2.25. The lowest BCUT2D eigenvalue weighted by atomic mass is 9.88. The van der Waals surface area contributed by atoms with Gasteiger partial charge in [-0.3, -0.25) is 10.0 Å². The van der Waals surface area contributed by atoms with Crippen molar-refractivity contribution in [2.75, 3.05) is 16.7 Å². The molecule has 3 rings (SSSR count). The maximum atomic E-state index is 12.7. The third-order valence-corrected chi connectivity index (χ3v) is 6.47.